The van der Waals surface area contributed by atoms with Gasteiger partial charge in [-0.1, -0.05) is 65.8 Å². The van der Waals surface area contributed by atoms with Crippen LogP contribution >= 0.6 is 0 Å². The standard InChI is InChI=1S/C33H33N7O7/c1-3-44-32-34-28-15-9-14-27(31(41)45-21(2)46-33(42)47-24-10-5-4-6-11-24)29(28)39(32)20-22-16-18-23(19-17-22)25-12-7-8-13-26(25)30-35-36-37-40(30)38-43/h7-9,12-19,21,24H,3-6,10-11,20H2,1-2H3/t21-/m1/s1. The van der Waals surface area contributed by atoms with Gasteiger partial charge in [0.2, 0.25) is 12.1 Å². The molecule has 0 unspecified atom stereocenters. The van der Waals surface area contributed by atoms with Gasteiger partial charge in [-0.15, -0.1) is 10.0 Å². The molecule has 1 fully saturated rings. The number of aromatic nitrogens is 6. The van der Waals surface area contributed by atoms with Crippen LogP contribution in [0.4, 0.5) is 4.79 Å². The van der Waals surface area contributed by atoms with Gasteiger partial charge in [0.25, 0.3) is 6.01 Å². The first-order valence-corrected chi connectivity index (χ1v) is 15.5. The van der Waals surface area contributed by atoms with E-state index in [4.69, 9.17) is 18.9 Å². The first-order chi connectivity index (χ1) is 22.9. The average Bonchev–Trinajstić information content (AvgIpc) is 3.70. The summed E-state index contributed by atoms with van der Waals surface area (Å²) >= 11 is 0. The molecule has 0 radical (unpaired) electrons. The van der Waals surface area contributed by atoms with Crippen molar-refractivity contribution in [1.82, 2.24) is 29.9 Å². The molecule has 2 aromatic heterocycles. The molecular weight excluding hydrogens is 606 g/mol. The zero-order valence-corrected chi connectivity index (χ0v) is 25.9. The number of ether oxygens (including phenoxy) is 4. The number of nitrogens with zero attached hydrogens (tertiary/aromatic N) is 7. The lowest BCUT2D eigenvalue weighted by Gasteiger charge is -2.22. The Morgan fingerprint density at radius 3 is 2.47 bits per heavy atom. The Hall–Kier alpha value is -5.66. The average molecular weight is 640 g/mol. The minimum absolute atomic E-state index is 0.179. The first kappa shape index (κ1) is 31.3. The zero-order valence-electron chi connectivity index (χ0n) is 25.9. The van der Waals surface area contributed by atoms with Gasteiger partial charge in [-0.25, -0.2) is 9.59 Å². The molecule has 1 aliphatic rings. The molecule has 5 aromatic rings. The fraction of sp³-hybridized carbons (Fsp3) is 0.333. The molecule has 1 aliphatic carbocycles. The highest BCUT2D eigenvalue weighted by Gasteiger charge is 2.25. The Kier molecular flexibility index (Phi) is 9.46. The molecule has 1 saturated carbocycles. The Morgan fingerprint density at radius 1 is 0.957 bits per heavy atom. The zero-order chi connectivity index (χ0) is 32.8. The molecule has 1 atom stereocenters. The molecule has 47 heavy (non-hydrogen) atoms. The topological polar surface area (TPSA) is 162 Å². The second-order valence-corrected chi connectivity index (χ2v) is 11.0. The number of carbonyl (C=O) groups is 2. The Bertz CT molecular complexity index is 1880. The van der Waals surface area contributed by atoms with Gasteiger partial charge in [-0.3, -0.25) is 4.57 Å². The predicted octanol–water partition coefficient (Wildman–Crippen LogP) is 6.32. The number of para-hydroxylation sites is 1. The van der Waals surface area contributed by atoms with Crippen molar-refractivity contribution in [3.05, 3.63) is 82.8 Å². The SMILES string of the molecule is CCOc1nc2cccc(C(=O)O[C@@H](C)OC(=O)OC3CCCCC3)c2n1Cc1ccc(-c2ccccc2-c2nnnn2N=O)cc1. The normalized spacial score (nSPS) is 14.0. The minimum atomic E-state index is -1.17. The van der Waals surface area contributed by atoms with Gasteiger partial charge in [0, 0.05) is 12.5 Å². The Balaban J connectivity index is 1.23. The van der Waals surface area contributed by atoms with Crippen molar-refractivity contribution in [2.45, 2.75) is 64.9 Å². The van der Waals surface area contributed by atoms with E-state index in [1.807, 2.05) is 60.0 Å². The number of rotatable bonds is 11. The highest BCUT2D eigenvalue weighted by atomic mass is 16.8. The van der Waals surface area contributed by atoms with Crippen molar-refractivity contribution in [1.29, 1.82) is 0 Å². The number of hydrogen-bond donors (Lipinski definition) is 0. The van der Waals surface area contributed by atoms with Crippen molar-refractivity contribution < 1.29 is 28.5 Å². The van der Waals surface area contributed by atoms with Crippen molar-refractivity contribution in [2.24, 2.45) is 5.29 Å². The number of fused-ring (bicyclic) bond motifs is 1. The molecule has 0 saturated heterocycles. The molecule has 0 bridgehead atoms. The second-order valence-electron chi connectivity index (χ2n) is 11.0. The summed E-state index contributed by atoms with van der Waals surface area (Å²) in [5.74, 6) is -0.456. The lowest BCUT2D eigenvalue weighted by atomic mass is 9.98. The number of carbonyl (C=O) groups excluding carboxylic acids is 2. The summed E-state index contributed by atoms with van der Waals surface area (Å²) in [5, 5.41) is 14.0. The van der Waals surface area contributed by atoms with E-state index in [1.54, 1.807) is 18.2 Å². The number of hydrogen-bond acceptors (Lipinski definition) is 12. The molecule has 0 N–H and O–H groups in total. The fourth-order valence-electron chi connectivity index (χ4n) is 5.74. The van der Waals surface area contributed by atoms with Crippen LogP contribution in [0, 0.1) is 4.91 Å². The monoisotopic (exact) mass is 639 g/mol. The van der Waals surface area contributed by atoms with E-state index in [0.717, 1.165) is 53.6 Å². The Morgan fingerprint density at radius 2 is 1.72 bits per heavy atom. The van der Waals surface area contributed by atoms with Gasteiger partial charge in [-0.05, 0) is 71.9 Å². The first-order valence-electron chi connectivity index (χ1n) is 15.5. The maximum absolute atomic E-state index is 13.4. The molecule has 14 nitrogen and oxygen atoms in total. The van der Waals surface area contributed by atoms with Crippen LogP contribution in [0.1, 0.15) is 61.9 Å². The van der Waals surface area contributed by atoms with Crippen LogP contribution in [0.3, 0.4) is 0 Å². The molecule has 14 heteroatoms. The largest absolute Gasteiger partial charge is 0.511 e. The summed E-state index contributed by atoms with van der Waals surface area (Å²) in [7, 11) is 0. The van der Waals surface area contributed by atoms with Crippen LogP contribution in [0.25, 0.3) is 33.5 Å². The van der Waals surface area contributed by atoms with Gasteiger partial charge in [0.1, 0.15) is 6.10 Å². The van der Waals surface area contributed by atoms with Crippen LogP contribution in [-0.4, -0.2) is 61.0 Å². The molecule has 2 heterocycles. The highest BCUT2D eigenvalue weighted by molar-refractivity contribution is 6.02. The van der Waals surface area contributed by atoms with Gasteiger partial charge in [0.15, 0.2) is 0 Å². The fourth-order valence-corrected chi connectivity index (χ4v) is 5.74. The van der Waals surface area contributed by atoms with Crippen LogP contribution in [-0.2, 0) is 20.8 Å². The maximum Gasteiger partial charge on any atom is 0.511 e. The number of benzene rings is 3. The van der Waals surface area contributed by atoms with E-state index in [-0.39, 0.29) is 17.5 Å². The van der Waals surface area contributed by atoms with Gasteiger partial charge in [-0.2, -0.15) is 4.98 Å². The summed E-state index contributed by atoms with van der Waals surface area (Å²) < 4.78 is 23.8. The summed E-state index contributed by atoms with van der Waals surface area (Å²) in [6, 6.07) is 20.7. The van der Waals surface area contributed by atoms with Crippen LogP contribution < -0.4 is 4.74 Å². The molecule has 0 amide bonds. The molecule has 6 rings (SSSR count). The van der Waals surface area contributed by atoms with Crippen molar-refractivity contribution >= 4 is 23.2 Å². The quantitative estimate of drug-likeness (QED) is 0.0903. The third kappa shape index (κ3) is 6.95. The van der Waals surface area contributed by atoms with E-state index in [1.165, 1.54) is 6.92 Å². The van der Waals surface area contributed by atoms with Crippen LogP contribution in [0.15, 0.2) is 72.0 Å². The van der Waals surface area contributed by atoms with E-state index < -0.39 is 18.4 Å². The number of esters is 1. The predicted molar refractivity (Wildman–Crippen MR) is 169 cm³/mol. The van der Waals surface area contributed by atoms with E-state index in [2.05, 4.69) is 25.8 Å². The number of tetrazole rings is 1. The van der Waals surface area contributed by atoms with Gasteiger partial charge >= 0.3 is 12.1 Å². The van der Waals surface area contributed by atoms with Crippen molar-refractivity contribution in [2.75, 3.05) is 6.61 Å². The summed E-state index contributed by atoms with van der Waals surface area (Å²) in [6.07, 6.45) is 2.53. The summed E-state index contributed by atoms with van der Waals surface area (Å²) in [6.45, 7) is 4.01. The van der Waals surface area contributed by atoms with Crippen LogP contribution in [0.5, 0.6) is 6.01 Å². The summed E-state index contributed by atoms with van der Waals surface area (Å²) in [5.41, 5.74) is 4.52. The number of nitroso groups, excluding NO2 is 1. The molecular formula is C33H33N7O7. The number of imidazole rings is 1. The molecule has 3 aromatic carbocycles. The maximum atomic E-state index is 13.4. The molecule has 242 valence electrons. The van der Waals surface area contributed by atoms with E-state index in [9.17, 15) is 14.5 Å². The Labute approximate surface area is 269 Å². The minimum Gasteiger partial charge on any atom is -0.465 e. The lowest BCUT2D eigenvalue weighted by molar-refractivity contribution is -0.0914. The molecule has 0 aliphatic heterocycles. The third-order valence-electron chi connectivity index (χ3n) is 7.88. The highest BCUT2D eigenvalue weighted by Crippen LogP contribution is 2.32. The third-order valence-corrected chi connectivity index (χ3v) is 7.88. The van der Waals surface area contributed by atoms with Crippen LogP contribution in [0.2, 0.25) is 0 Å². The van der Waals surface area contributed by atoms with Gasteiger partial charge < -0.3 is 18.9 Å². The lowest BCUT2D eigenvalue weighted by Crippen LogP contribution is -2.26. The van der Waals surface area contributed by atoms with Gasteiger partial charge in [0.05, 0.1) is 35.0 Å². The summed E-state index contributed by atoms with van der Waals surface area (Å²) in [4.78, 5) is 42.4. The molecule has 0 spiro atoms. The van der Waals surface area contributed by atoms with Crippen molar-refractivity contribution in [3.8, 4) is 28.5 Å². The van der Waals surface area contributed by atoms with E-state index >= 15 is 0 Å². The smallest absolute Gasteiger partial charge is 0.465 e. The van der Waals surface area contributed by atoms with Crippen molar-refractivity contribution in [3.63, 3.8) is 0 Å². The van der Waals surface area contributed by atoms with E-state index in [0.29, 0.717) is 35.8 Å². The second kappa shape index (κ2) is 14.2.